The van der Waals surface area contributed by atoms with Crippen molar-refractivity contribution in [3.63, 3.8) is 0 Å². The van der Waals surface area contributed by atoms with Crippen LogP contribution in [0.2, 0.25) is 0 Å². The summed E-state index contributed by atoms with van der Waals surface area (Å²) in [5.74, 6) is 0.476. The average molecular weight is 214 g/mol. The predicted molar refractivity (Wildman–Crippen MR) is 59.5 cm³/mol. The summed E-state index contributed by atoms with van der Waals surface area (Å²) >= 11 is 0. The van der Waals surface area contributed by atoms with E-state index in [0.29, 0.717) is 12.5 Å². The lowest BCUT2D eigenvalue weighted by molar-refractivity contribution is -0.135. The number of amides is 1. The van der Waals surface area contributed by atoms with Gasteiger partial charge in [0.1, 0.15) is 0 Å². The molecule has 1 saturated heterocycles. The SMILES string of the molecule is CC1CCNC1C(=O)N(C)CC(C)(C)O. The number of carbonyl (C=O) groups is 1. The van der Waals surface area contributed by atoms with Crippen molar-refractivity contribution in [1.29, 1.82) is 0 Å². The zero-order chi connectivity index (χ0) is 11.6. The second-order valence-corrected chi connectivity index (χ2v) is 5.20. The molecular weight excluding hydrogens is 192 g/mol. The van der Waals surface area contributed by atoms with Crippen molar-refractivity contribution in [2.45, 2.75) is 38.8 Å². The van der Waals surface area contributed by atoms with Crippen LogP contribution < -0.4 is 5.32 Å². The highest BCUT2D eigenvalue weighted by molar-refractivity contribution is 5.82. The second-order valence-electron chi connectivity index (χ2n) is 5.20. The third kappa shape index (κ3) is 3.47. The summed E-state index contributed by atoms with van der Waals surface area (Å²) in [6, 6.07) is -0.0719. The van der Waals surface area contributed by atoms with Gasteiger partial charge in [0, 0.05) is 13.6 Å². The van der Waals surface area contributed by atoms with Crippen molar-refractivity contribution < 1.29 is 9.90 Å². The molecule has 1 fully saturated rings. The fourth-order valence-corrected chi connectivity index (χ4v) is 2.06. The van der Waals surface area contributed by atoms with E-state index in [9.17, 15) is 9.90 Å². The summed E-state index contributed by atoms with van der Waals surface area (Å²) in [7, 11) is 1.74. The van der Waals surface area contributed by atoms with E-state index in [2.05, 4.69) is 12.2 Å². The molecule has 4 nitrogen and oxygen atoms in total. The second kappa shape index (κ2) is 4.49. The van der Waals surface area contributed by atoms with Crippen molar-refractivity contribution in [2.75, 3.05) is 20.1 Å². The van der Waals surface area contributed by atoms with Gasteiger partial charge in [0.25, 0.3) is 0 Å². The first-order valence-corrected chi connectivity index (χ1v) is 5.52. The summed E-state index contributed by atoms with van der Waals surface area (Å²) in [6.07, 6.45) is 1.05. The van der Waals surface area contributed by atoms with Gasteiger partial charge in [-0.1, -0.05) is 6.92 Å². The Hall–Kier alpha value is -0.610. The van der Waals surface area contributed by atoms with Gasteiger partial charge < -0.3 is 15.3 Å². The molecule has 0 aliphatic carbocycles. The molecule has 88 valence electrons. The number of aliphatic hydroxyl groups is 1. The van der Waals surface area contributed by atoms with E-state index in [-0.39, 0.29) is 11.9 Å². The van der Waals surface area contributed by atoms with Gasteiger partial charge in [0.15, 0.2) is 0 Å². The zero-order valence-electron chi connectivity index (χ0n) is 10.1. The summed E-state index contributed by atoms with van der Waals surface area (Å²) in [6.45, 7) is 6.79. The Morgan fingerprint density at radius 1 is 1.60 bits per heavy atom. The lowest BCUT2D eigenvalue weighted by Crippen LogP contribution is -2.48. The Morgan fingerprint density at radius 3 is 2.60 bits per heavy atom. The molecule has 4 heteroatoms. The van der Waals surface area contributed by atoms with Gasteiger partial charge in [0.2, 0.25) is 5.91 Å². The minimum absolute atomic E-state index is 0.0719. The molecule has 0 spiro atoms. The Kier molecular flexibility index (Phi) is 3.73. The maximum absolute atomic E-state index is 12.0. The molecule has 0 radical (unpaired) electrons. The molecule has 0 bridgehead atoms. The van der Waals surface area contributed by atoms with Gasteiger partial charge in [-0.05, 0) is 32.7 Å². The highest BCUT2D eigenvalue weighted by Gasteiger charge is 2.32. The topological polar surface area (TPSA) is 52.6 Å². The van der Waals surface area contributed by atoms with E-state index in [1.807, 2.05) is 0 Å². The molecule has 15 heavy (non-hydrogen) atoms. The van der Waals surface area contributed by atoms with Crippen LogP contribution in [0.25, 0.3) is 0 Å². The Labute approximate surface area is 91.6 Å². The summed E-state index contributed by atoms with van der Waals surface area (Å²) in [4.78, 5) is 13.6. The van der Waals surface area contributed by atoms with Crippen LogP contribution in [0.5, 0.6) is 0 Å². The standard InChI is InChI=1S/C11H22N2O2/c1-8-5-6-12-9(8)10(14)13(4)7-11(2,3)15/h8-9,12,15H,5-7H2,1-4H3. The third-order valence-electron chi connectivity index (χ3n) is 2.80. The molecule has 1 aliphatic heterocycles. The van der Waals surface area contributed by atoms with E-state index in [4.69, 9.17) is 0 Å². The Bertz CT molecular complexity index is 235. The maximum Gasteiger partial charge on any atom is 0.239 e. The van der Waals surface area contributed by atoms with Crippen molar-refractivity contribution in [3.05, 3.63) is 0 Å². The molecule has 2 N–H and O–H groups in total. The quantitative estimate of drug-likeness (QED) is 0.706. The zero-order valence-corrected chi connectivity index (χ0v) is 10.1. The summed E-state index contributed by atoms with van der Waals surface area (Å²) in [5.41, 5.74) is -0.827. The van der Waals surface area contributed by atoms with Crippen molar-refractivity contribution in [1.82, 2.24) is 10.2 Å². The van der Waals surface area contributed by atoms with Gasteiger partial charge in [-0.15, -0.1) is 0 Å². The van der Waals surface area contributed by atoms with E-state index in [1.165, 1.54) is 0 Å². The van der Waals surface area contributed by atoms with Crippen LogP contribution in [0.15, 0.2) is 0 Å². The number of nitrogens with one attached hydrogen (secondary N) is 1. The number of rotatable bonds is 3. The first-order chi connectivity index (χ1) is 6.81. The molecular formula is C11H22N2O2. The third-order valence-corrected chi connectivity index (χ3v) is 2.80. The lowest BCUT2D eigenvalue weighted by atomic mass is 10.0. The first kappa shape index (κ1) is 12.5. The number of nitrogens with zero attached hydrogens (tertiary/aromatic N) is 1. The fourth-order valence-electron chi connectivity index (χ4n) is 2.06. The predicted octanol–water partition coefficient (Wildman–Crippen LogP) is 0.214. The van der Waals surface area contributed by atoms with E-state index < -0.39 is 5.60 Å². The number of hydrogen-bond donors (Lipinski definition) is 2. The normalized spacial score (nSPS) is 26.7. The van der Waals surface area contributed by atoms with Gasteiger partial charge in [-0.25, -0.2) is 0 Å². The molecule has 1 aliphatic rings. The molecule has 1 heterocycles. The number of hydrogen-bond acceptors (Lipinski definition) is 3. The van der Waals surface area contributed by atoms with E-state index in [1.54, 1.807) is 25.8 Å². The van der Waals surface area contributed by atoms with Crippen LogP contribution in [0.1, 0.15) is 27.2 Å². The van der Waals surface area contributed by atoms with Gasteiger partial charge in [-0.3, -0.25) is 4.79 Å². The van der Waals surface area contributed by atoms with E-state index >= 15 is 0 Å². The van der Waals surface area contributed by atoms with Crippen LogP contribution >= 0.6 is 0 Å². The summed E-state index contributed by atoms with van der Waals surface area (Å²) < 4.78 is 0. The van der Waals surface area contributed by atoms with Crippen LogP contribution in [0.4, 0.5) is 0 Å². The summed E-state index contributed by atoms with van der Waals surface area (Å²) in [5, 5.41) is 12.8. The van der Waals surface area contributed by atoms with Gasteiger partial charge >= 0.3 is 0 Å². The van der Waals surface area contributed by atoms with Crippen molar-refractivity contribution >= 4 is 5.91 Å². The number of likely N-dealkylation sites (N-methyl/N-ethyl adjacent to an activating group) is 1. The fraction of sp³-hybridized carbons (Fsp3) is 0.909. The van der Waals surface area contributed by atoms with Crippen molar-refractivity contribution in [2.24, 2.45) is 5.92 Å². The highest BCUT2D eigenvalue weighted by Crippen LogP contribution is 2.17. The van der Waals surface area contributed by atoms with Gasteiger partial charge in [-0.2, -0.15) is 0 Å². The lowest BCUT2D eigenvalue weighted by Gasteiger charge is -2.28. The van der Waals surface area contributed by atoms with Crippen molar-refractivity contribution in [3.8, 4) is 0 Å². The molecule has 0 saturated carbocycles. The molecule has 1 rings (SSSR count). The van der Waals surface area contributed by atoms with Crippen LogP contribution in [-0.2, 0) is 4.79 Å². The van der Waals surface area contributed by atoms with Crippen LogP contribution in [0, 0.1) is 5.92 Å². The van der Waals surface area contributed by atoms with E-state index in [0.717, 1.165) is 13.0 Å². The molecule has 1 amide bonds. The molecule has 0 aromatic carbocycles. The average Bonchev–Trinajstić information content (AvgIpc) is 2.47. The smallest absolute Gasteiger partial charge is 0.239 e. The minimum Gasteiger partial charge on any atom is -0.389 e. The number of carbonyl (C=O) groups excluding carboxylic acids is 1. The highest BCUT2D eigenvalue weighted by atomic mass is 16.3. The Balaban J connectivity index is 2.52. The van der Waals surface area contributed by atoms with Crippen LogP contribution in [-0.4, -0.2) is 47.7 Å². The Morgan fingerprint density at radius 2 is 2.20 bits per heavy atom. The minimum atomic E-state index is -0.827. The monoisotopic (exact) mass is 214 g/mol. The van der Waals surface area contributed by atoms with Crippen LogP contribution in [0.3, 0.4) is 0 Å². The first-order valence-electron chi connectivity index (χ1n) is 5.52. The van der Waals surface area contributed by atoms with Gasteiger partial charge in [0.05, 0.1) is 11.6 Å². The molecule has 2 unspecified atom stereocenters. The molecule has 0 aromatic heterocycles. The molecule has 2 atom stereocenters. The maximum atomic E-state index is 12.0. The molecule has 0 aromatic rings. The largest absolute Gasteiger partial charge is 0.389 e.